The molecule has 0 bridgehead atoms. The number of aryl methyl sites for hydroxylation is 1. The van der Waals surface area contributed by atoms with Crippen LogP contribution >= 0.6 is 0 Å². The van der Waals surface area contributed by atoms with Gasteiger partial charge in [-0.25, -0.2) is 9.97 Å². The molecule has 1 aromatic rings. The largest absolute Gasteiger partial charge is 0.370 e. The SMILES string of the molecule is CCCNc1cc(C2CCCC2)nc(C)n1. The molecule has 0 saturated heterocycles. The molecular formula is C13H21N3. The van der Waals surface area contributed by atoms with Crippen LogP contribution in [0.15, 0.2) is 6.07 Å². The maximum atomic E-state index is 4.57. The fourth-order valence-electron chi connectivity index (χ4n) is 2.37. The molecule has 1 heterocycles. The number of anilines is 1. The molecule has 0 spiro atoms. The van der Waals surface area contributed by atoms with E-state index in [4.69, 9.17) is 0 Å². The Kier molecular flexibility index (Phi) is 3.75. The molecular weight excluding hydrogens is 198 g/mol. The summed E-state index contributed by atoms with van der Waals surface area (Å²) in [5.41, 5.74) is 1.24. The van der Waals surface area contributed by atoms with Crippen LogP contribution in [0.1, 0.15) is 56.5 Å². The monoisotopic (exact) mass is 219 g/mol. The van der Waals surface area contributed by atoms with Crippen molar-refractivity contribution in [2.24, 2.45) is 0 Å². The molecule has 3 nitrogen and oxygen atoms in total. The molecule has 0 aromatic carbocycles. The first-order valence-electron chi connectivity index (χ1n) is 6.39. The van der Waals surface area contributed by atoms with Gasteiger partial charge in [0.1, 0.15) is 11.6 Å². The van der Waals surface area contributed by atoms with Crippen molar-refractivity contribution in [3.8, 4) is 0 Å². The van der Waals surface area contributed by atoms with Crippen LogP contribution in [0.2, 0.25) is 0 Å². The first-order valence-corrected chi connectivity index (χ1v) is 6.39. The summed E-state index contributed by atoms with van der Waals surface area (Å²) in [5.74, 6) is 2.56. The van der Waals surface area contributed by atoms with Crippen molar-refractivity contribution < 1.29 is 0 Å². The molecule has 0 atom stereocenters. The zero-order chi connectivity index (χ0) is 11.4. The van der Waals surface area contributed by atoms with Gasteiger partial charge in [0, 0.05) is 24.2 Å². The van der Waals surface area contributed by atoms with Crippen LogP contribution in [0, 0.1) is 6.92 Å². The van der Waals surface area contributed by atoms with Gasteiger partial charge >= 0.3 is 0 Å². The fraction of sp³-hybridized carbons (Fsp3) is 0.692. The fourth-order valence-corrected chi connectivity index (χ4v) is 2.37. The first-order chi connectivity index (χ1) is 7.79. The molecule has 88 valence electrons. The minimum Gasteiger partial charge on any atom is -0.370 e. The van der Waals surface area contributed by atoms with E-state index in [9.17, 15) is 0 Å². The van der Waals surface area contributed by atoms with Gasteiger partial charge < -0.3 is 5.32 Å². The molecule has 1 fully saturated rings. The highest BCUT2D eigenvalue weighted by Gasteiger charge is 2.19. The Balaban J connectivity index is 2.14. The van der Waals surface area contributed by atoms with Crippen molar-refractivity contribution in [2.45, 2.75) is 51.9 Å². The van der Waals surface area contributed by atoms with E-state index in [1.165, 1.54) is 31.4 Å². The van der Waals surface area contributed by atoms with Gasteiger partial charge in [-0.1, -0.05) is 19.8 Å². The summed E-state index contributed by atoms with van der Waals surface area (Å²) in [6.45, 7) is 5.13. The summed E-state index contributed by atoms with van der Waals surface area (Å²) in [6, 6.07) is 2.14. The Hall–Kier alpha value is -1.12. The zero-order valence-corrected chi connectivity index (χ0v) is 10.3. The average Bonchev–Trinajstić information content (AvgIpc) is 2.79. The number of aromatic nitrogens is 2. The van der Waals surface area contributed by atoms with Crippen molar-refractivity contribution >= 4 is 5.82 Å². The second-order valence-corrected chi connectivity index (χ2v) is 4.63. The van der Waals surface area contributed by atoms with Gasteiger partial charge in [-0.15, -0.1) is 0 Å². The Morgan fingerprint density at radius 3 is 2.75 bits per heavy atom. The van der Waals surface area contributed by atoms with E-state index >= 15 is 0 Å². The van der Waals surface area contributed by atoms with Gasteiger partial charge in [0.15, 0.2) is 0 Å². The molecule has 0 unspecified atom stereocenters. The molecule has 3 heteroatoms. The molecule has 0 amide bonds. The number of nitrogens with one attached hydrogen (secondary N) is 1. The maximum Gasteiger partial charge on any atom is 0.129 e. The third kappa shape index (κ3) is 2.71. The molecule has 16 heavy (non-hydrogen) atoms. The summed E-state index contributed by atoms with van der Waals surface area (Å²) in [5, 5.41) is 3.35. The highest BCUT2D eigenvalue weighted by molar-refractivity contribution is 5.37. The van der Waals surface area contributed by atoms with Crippen molar-refractivity contribution in [3.05, 3.63) is 17.6 Å². The number of nitrogens with zero attached hydrogens (tertiary/aromatic N) is 2. The van der Waals surface area contributed by atoms with E-state index in [-0.39, 0.29) is 0 Å². The third-order valence-electron chi connectivity index (χ3n) is 3.19. The van der Waals surface area contributed by atoms with Gasteiger partial charge in [0.05, 0.1) is 0 Å². The topological polar surface area (TPSA) is 37.8 Å². The van der Waals surface area contributed by atoms with Crippen LogP contribution in [-0.4, -0.2) is 16.5 Å². The molecule has 1 aliphatic rings. The Morgan fingerprint density at radius 1 is 1.31 bits per heavy atom. The highest BCUT2D eigenvalue weighted by Crippen LogP contribution is 2.33. The standard InChI is InChI=1S/C13H21N3/c1-3-8-14-13-9-12(15-10(2)16-13)11-6-4-5-7-11/h9,11H,3-8H2,1-2H3,(H,14,15,16). The summed E-state index contributed by atoms with van der Waals surface area (Å²) in [4.78, 5) is 8.99. The molecule has 0 radical (unpaired) electrons. The van der Waals surface area contributed by atoms with Gasteiger partial charge in [0.25, 0.3) is 0 Å². The second-order valence-electron chi connectivity index (χ2n) is 4.63. The lowest BCUT2D eigenvalue weighted by atomic mass is 10.0. The van der Waals surface area contributed by atoms with E-state index in [1.54, 1.807) is 0 Å². The van der Waals surface area contributed by atoms with Crippen LogP contribution < -0.4 is 5.32 Å². The summed E-state index contributed by atoms with van der Waals surface area (Å²) < 4.78 is 0. The van der Waals surface area contributed by atoms with Crippen molar-refractivity contribution in [2.75, 3.05) is 11.9 Å². The Bertz CT molecular complexity index is 343. The van der Waals surface area contributed by atoms with Gasteiger partial charge in [-0.3, -0.25) is 0 Å². The summed E-state index contributed by atoms with van der Waals surface area (Å²) >= 11 is 0. The van der Waals surface area contributed by atoms with Gasteiger partial charge in [0.2, 0.25) is 0 Å². The van der Waals surface area contributed by atoms with Crippen LogP contribution in [0.5, 0.6) is 0 Å². The predicted octanol–water partition coefficient (Wildman–Crippen LogP) is 3.26. The summed E-state index contributed by atoms with van der Waals surface area (Å²) in [6.07, 6.45) is 6.42. The minimum absolute atomic E-state index is 0.670. The average molecular weight is 219 g/mol. The lowest BCUT2D eigenvalue weighted by Crippen LogP contribution is -2.07. The zero-order valence-electron chi connectivity index (χ0n) is 10.3. The number of rotatable bonds is 4. The van der Waals surface area contributed by atoms with E-state index < -0.39 is 0 Å². The van der Waals surface area contributed by atoms with Gasteiger partial charge in [-0.05, 0) is 26.2 Å². The molecule has 1 N–H and O–H groups in total. The summed E-state index contributed by atoms with van der Waals surface area (Å²) in [7, 11) is 0. The van der Waals surface area contributed by atoms with Crippen molar-refractivity contribution in [3.63, 3.8) is 0 Å². The van der Waals surface area contributed by atoms with Crippen molar-refractivity contribution in [1.82, 2.24) is 9.97 Å². The predicted molar refractivity (Wildman–Crippen MR) is 66.8 cm³/mol. The Morgan fingerprint density at radius 2 is 2.06 bits per heavy atom. The highest BCUT2D eigenvalue weighted by atomic mass is 15.0. The molecule has 0 aliphatic heterocycles. The van der Waals surface area contributed by atoms with E-state index in [2.05, 4.69) is 28.3 Å². The maximum absolute atomic E-state index is 4.57. The number of hydrogen-bond donors (Lipinski definition) is 1. The normalized spacial score (nSPS) is 16.6. The van der Waals surface area contributed by atoms with E-state index in [1.807, 2.05) is 6.92 Å². The molecule has 1 aliphatic carbocycles. The van der Waals surface area contributed by atoms with Crippen molar-refractivity contribution in [1.29, 1.82) is 0 Å². The van der Waals surface area contributed by atoms with Crippen LogP contribution in [-0.2, 0) is 0 Å². The smallest absolute Gasteiger partial charge is 0.129 e. The lowest BCUT2D eigenvalue weighted by molar-refractivity contribution is 0.689. The van der Waals surface area contributed by atoms with E-state index in [0.717, 1.165) is 24.6 Å². The van der Waals surface area contributed by atoms with E-state index in [0.29, 0.717) is 5.92 Å². The van der Waals surface area contributed by atoms with Crippen LogP contribution in [0.25, 0.3) is 0 Å². The number of hydrogen-bond acceptors (Lipinski definition) is 3. The third-order valence-corrected chi connectivity index (χ3v) is 3.19. The molecule has 1 saturated carbocycles. The molecule has 2 rings (SSSR count). The van der Waals surface area contributed by atoms with Crippen LogP contribution in [0.4, 0.5) is 5.82 Å². The molecule has 1 aromatic heterocycles. The second kappa shape index (κ2) is 5.28. The Labute approximate surface area is 97.7 Å². The van der Waals surface area contributed by atoms with Crippen LogP contribution in [0.3, 0.4) is 0 Å². The van der Waals surface area contributed by atoms with Gasteiger partial charge in [-0.2, -0.15) is 0 Å². The first kappa shape index (κ1) is 11.4. The quantitative estimate of drug-likeness (QED) is 0.844. The lowest BCUT2D eigenvalue weighted by Gasteiger charge is -2.11. The minimum atomic E-state index is 0.670.